The lowest BCUT2D eigenvalue weighted by atomic mass is 9.82. The Morgan fingerprint density at radius 2 is 1.93 bits per heavy atom. The first-order valence-electron chi connectivity index (χ1n) is 8.81. The van der Waals surface area contributed by atoms with Crippen LogP contribution in [0.5, 0.6) is 5.75 Å². The number of carbonyl (C=O) groups is 2. The van der Waals surface area contributed by atoms with Gasteiger partial charge >= 0.3 is 12.1 Å². The fourth-order valence-corrected chi connectivity index (χ4v) is 4.66. The minimum atomic E-state index is -1.24. The highest BCUT2D eigenvalue weighted by Gasteiger charge is 2.82. The second-order valence-corrected chi connectivity index (χ2v) is 7.09. The van der Waals surface area contributed by atoms with Crippen molar-refractivity contribution < 1.29 is 38.1 Å². The van der Waals surface area contributed by atoms with E-state index < -0.39 is 23.5 Å². The van der Waals surface area contributed by atoms with Crippen molar-refractivity contribution in [2.24, 2.45) is 0 Å². The molecule has 1 amide bonds. The molecule has 0 radical (unpaired) electrons. The predicted octanol–water partition coefficient (Wildman–Crippen LogP) is 0.634. The minimum Gasteiger partial charge on any atom is -0.496 e. The van der Waals surface area contributed by atoms with Gasteiger partial charge in [0.1, 0.15) is 11.8 Å². The molecule has 0 N–H and O–H groups in total. The molecule has 2 bridgehead atoms. The molecule has 4 aliphatic rings. The number of hydrogen-bond donors (Lipinski definition) is 0. The summed E-state index contributed by atoms with van der Waals surface area (Å²) in [5, 5.41) is 1.63. The van der Waals surface area contributed by atoms with E-state index >= 15 is 0 Å². The van der Waals surface area contributed by atoms with Gasteiger partial charge < -0.3 is 23.7 Å². The number of nitrogens with zero attached hydrogens (tertiary/aromatic N) is 2. The smallest absolute Gasteiger partial charge is 0.410 e. The van der Waals surface area contributed by atoms with Crippen LogP contribution in [0.15, 0.2) is 12.1 Å². The van der Waals surface area contributed by atoms with Gasteiger partial charge in [-0.15, -0.1) is 0 Å². The molecule has 10 heteroatoms. The maximum Gasteiger partial charge on any atom is 0.410 e. The first kappa shape index (κ1) is 17.5. The molecule has 28 heavy (non-hydrogen) atoms. The second-order valence-electron chi connectivity index (χ2n) is 7.09. The van der Waals surface area contributed by atoms with Crippen molar-refractivity contribution >= 4 is 17.7 Å². The van der Waals surface area contributed by atoms with E-state index in [1.54, 1.807) is 22.1 Å². The molecule has 4 aliphatic heterocycles. The van der Waals surface area contributed by atoms with E-state index in [4.69, 9.17) is 28.5 Å². The fourth-order valence-electron chi connectivity index (χ4n) is 4.66. The molecule has 3 saturated heterocycles. The van der Waals surface area contributed by atoms with Crippen molar-refractivity contribution in [2.75, 3.05) is 46.7 Å². The molecule has 150 valence electrons. The Hall–Kier alpha value is -2.56. The monoisotopic (exact) mass is 392 g/mol. The summed E-state index contributed by atoms with van der Waals surface area (Å²) in [4.78, 5) is 32.2. The number of amides is 1. The van der Waals surface area contributed by atoms with Crippen molar-refractivity contribution in [3.05, 3.63) is 23.3 Å². The number of epoxide rings is 1. The Balaban J connectivity index is 1.69. The highest BCUT2D eigenvalue weighted by atomic mass is 16.8. The van der Waals surface area contributed by atoms with Gasteiger partial charge in [-0.2, -0.15) is 0 Å². The zero-order valence-corrected chi connectivity index (χ0v) is 15.9. The maximum atomic E-state index is 12.2. The maximum absolute atomic E-state index is 12.2. The Morgan fingerprint density at radius 1 is 1.18 bits per heavy atom. The van der Waals surface area contributed by atoms with Gasteiger partial charge in [-0.05, 0) is 12.1 Å². The molecule has 1 aromatic carbocycles. The minimum absolute atomic E-state index is 0.164. The molecule has 0 aliphatic carbocycles. The molecule has 1 unspecified atom stereocenters. The van der Waals surface area contributed by atoms with Gasteiger partial charge in [-0.3, -0.25) is 4.90 Å². The number of hydroxylamine groups is 1. The number of rotatable bonds is 3. The van der Waals surface area contributed by atoms with Crippen LogP contribution < -0.4 is 9.80 Å². The molecule has 10 nitrogen and oxygen atoms in total. The van der Waals surface area contributed by atoms with E-state index in [1.165, 1.54) is 28.4 Å². The van der Waals surface area contributed by atoms with Crippen LogP contribution in [-0.2, 0) is 29.4 Å². The van der Waals surface area contributed by atoms with E-state index in [-0.39, 0.29) is 12.1 Å². The topological polar surface area (TPSA) is 99.1 Å². The normalized spacial score (nSPS) is 33.7. The third kappa shape index (κ3) is 1.87. The number of hydrogen-bond acceptors (Lipinski definition) is 9. The van der Waals surface area contributed by atoms with Crippen LogP contribution in [-0.4, -0.2) is 76.4 Å². The molecular formula is C18H20N2O8. The summed E-state index contributed by atoms with van der Waals surface area (Å²) in [6.07, 6.45) is -0.453. The molecular weight excluding hydrogens is 372 g/mol. The highest BCUT2D eigenvalue weighted by Crippen LogP contribution is 2.66. The molecule has 1 aromatic rings. The summed E-state index contributed by atoms with van der Waals surface area (Å²) in [6, 6.07) is 2.77. The number of methoxy groups -OCH3 is 4. The van der Waals surface area contributed by atoms with Crippen molar-refractivity contribution in [3.63, 3.8) is 0 Å². The van der Waals surface area contributed by atoms with Crippen LogP contribution in [0.4, 0.5) is 10.5 Å². The third-order valence-corrected chi connectivity index (χ3v) is 6.00. The van der Waals surface area contributed by atoms with Crippen LogP contribution in [0.2, 0.25) is 0 Å². The van der Waals surface area contributed by atoms with Gasteiger partial charge in [0.25, 0.3) is 5.79 Å². The van der Waals surface area contributed by atoms with E-state index in [2.05, 4.69) is 0 Å². The largest absolute Gasteiger partial charge is 0.496 e. The second kappa shape index (κ2) is 5.49. The van der Waals surface area contributed by atoms with Gasteiger partial charge in [0, 0.05) is 7.11 Å². The van der Waals surface area contributed by atoms with E-state index in [0.717, 1.165) is 5.56 Å². The van der Waals surface area contributed by atoms with Crippen molar-refractivity contribution in [2.45, 2.75) is 23.5 Å². The number of ether oxygens (including phenoxy) is 5. The zero-order valence-electron chi connectivity index (χ0n) is 15.9. The summed E-state index contributed by atoms with van der Waals surface area (Å²) in [5.41, 5.74) is 0.718. The summed E-state index contributed by atoms with van der Waals surface area (Å²) >= 11 is 0. The quantitative estimate of drug-likeness (QED) is 0.542. The number of fused-ring (bicyclic) bond motifs is 8. The summed E-state index contributed by atoms with van der Waals surface area (Å²) in [5.74, 6) is -1.27. The van der Waals surface area contributed by atoms with Crippen LogP contribution in [0, 0.1) is 0 Å². The molecule has 1 spiro atoms. The number of carbonyl (C=O) groups excluding carboxylic acids is 2. The number of esters is 1. The Morgan fingerprint density at radius 3 is 2.50 bits per heavy atom. The highest BCUT2D eigenvalue weighted by molar-refractivity contribution is 5.92. The van der Waals surface area contributed by atoms with Crippen LogP contribution >= 0.6 is 0 Å². The molecule has 0 aromatic heterocycles. The number of benzene rings is 1. The zero-order chi connectivity index (χ0) is 19.8. The Kier molecular flexibility index (Phi) is 3.44. The summed E-state index contributed by atoms with van der Waals surface area (Å²) in [6.45, 7) is 0.718. The average molecular weight is 392 g/mol. The first-order chi connectivity index (χ1) is 13.5. The first-order valence-corrected chi connectivity index (χ1v) is 8.81. The SMILES string of the molecule is COC(=O)c1cc(OC)c2c(c1)N1C[C@H]3[C@H](N3C(=O)OC)[C@](OC)(O1)C21CO1. The lowest BCUT2D eigenvalue weighted by Gasteiger charge is -2.48. The van der Waals surface area contributed by atoms with E-state index in [9.17, 15) is 9.59 Å². The molecule has 0 saturated carbocycles. The Labute approximate surface area is 160 Å². The van der Waals surface area contributed by atoms with Crippen molar-refractivity contribution in [3.8, 4) is 5.75 Å². The lowest BCUT2D eigenvalue weighted by Crippen LogP contribution is -2.64. The molecule has 5 rings (SSSR count). The predicted molar refractivity (Wildman–Crippen MR) is 92.0 cm³/mol. The Bertz CT molecular complexity index is 885. The fraction of sp³-hybridized carbons (Fsp3) is 0.556. The van der Waals surface area contributed by atoms with E-state index in [1.807, 2.05) is 0 Å². The van der Waals surface area contributed by atoms with Crippen molar-refractivity contribution in [1.82, 2.24) is 4.90 Å². The van der Waals surface area contributed by atoms with Gasteiger partial charge in [-0.1, -0.05) is 0 Å². The average Bonchev–Trinajstić information content (AvgIpc) is 3.64. The number of anilines is 1. The van der Waals surface area contributed by atoms with Gasteiger partial charge in [0.15, 0.2) is 5.60 Å². The lowest BCUT2D eigenvalue weighted by molar-refractivity contribution is -0.286. The molecule has 4 heterocycles. The van der Waals surface area contributed by atoms with Gasteiger partial charge in [-0.25, -0.2) is 19.5 Å². The van der Waals surface area contributed by atoms with Gasteiger partial charge in [0.05, 0.1) is 57.3 Å². The summed E-state index contributed by atoms with van der Waals surface area (Å²) < 4.78 is 27.2. The summed E-state index contributed by atoms with van der Waals surface area (Å²) in [7, 11) is 5.70. The van der Waals surface area contributed by atoms with Crippen LogP contribution in [0.1, 0.15) is 15.9 Å². The van der Waals surface area contributed by atoms with Crippen LogP contribution in [0.3, 0.4) is 0 Å². The molecule has 3 fully saturated rings. The third-order valence-electron chi connectivity index (χ3n) is 6.00. The van der Waals surface area contributed by atoms with Crippen LogP contribution in [0.25, 0.3) is 0 Å². The standard InChI is InChI=1S/C18H20N2O8/c1-23-12-6-9(15(21)24-2)5-10-13(12)17(8-27-17)18(26-4)14-11(7-19(10)28-18)20(14)16(22)25-3/h5-6,11,14H,7-8H2,1-4H3/t11-,14-,17?,18-,20?/m0/s1. The van der Waals surface area contributed by atoms with E-state index in [0.29, 0.717) is 30.2 Å². The van der Waals surface area contributed by atoms with Gasteiger partial charge in [0.2, 0.25) is 0 Å². The molecule has 4 atom stereocenters. The van der Waals surface area contributed by atoms with Crippen molar-refractivity contribution in [1.29, 1.82) is 0 Å².